The molecule has 3 aromatic rings. The van der Waals surface area contributed by atoms with Crippen molar-refractivity contribution in [2.45, 2.75) is 19.8 Å². The first-order valence-corrected chi connectivity index (χ1v) is 10.3. The van der Waals surface area contributed by atoms with Crippen LogP contribution in [0.15, 0.2) is 34.5 Å². The van der Waals surface area contributed by atoms with Gasteiger partial charge in [-0.1, -0.05) is 23.5 Å². The monoisotopic (exact) mass is 453 g/mol. The Morgan fingerprint density at radius 1 is 1.06 bits per heavy atom. The molecule has 0 aliphatic rings. The van der Waals surface area contributed by atoms with Gasteiger partial charge < -0.3 is 20.8 Å². The molecule has 0 aliphatic carbocycles. The Morgan fingerprint density at radius 2 is 1.72 bits per heavy atom. The number of nitrogens with one attached hydrogen (secondary N) is 2. The van der Waals surface area contributed by atoms with Crippen molar-refractivity contribution < 1.29 is 19.8 Å². The average Bonchev–Trinajstić information content (AvgIpc) is 3.16. The van der Waals surface area contributed by atoms with Crippen LogP contribution in [0.4, 0.5) is 22.5 Å². The lowest BCUT2D eigenvalue weighted by Crippen LogP contribution is -2.13. The summed E-state index contributed by atoms with van der Waals surface area (Å²) in [6, 6.07) is 9.61. The number of carbonyl (C=O) groups is 2. The lowest BCUT2D eigenvalue weighted by atomic mass is 10.1. The Bertz CT molecular complexity index is 1200. The number of carboxylic acids is 2. The third kappa shape index (κ3) is 5.52. The fourth-order valence-corrected chi connectivity index (χ4v) is 3.56. The van der Waals surface area contributed by atoms with Gasteiger partial charge in [-0.15, -0.1) is 10.2 Å². The molecule has 0 saturated heterocycles. The number of hydrogen-bond acceptors (Lipinski definition) is 10. The number of aliphatic carboxylic acids is 2. The van der Waals surface area contributed by atoms with E-state index in [9.17, 15) is 14.9 Å². The van der Waals surface area contributed by atoms with Gasteiger partial charge in [-0.05, 0) is 19.1 Å². The highest BCUT2D eigenvalue weighted by Crippen LogP contribution is 2.36. The maximum atomic E-state index is 10.9. The largest absolute Gasteiger partial charge is 0.481 e. The second-order valence-corrected chi connectivity index (χ2v) is 7.58. The molecule has 0 radical (unpaired) electrons. The van der Waals surface area contributed by atoms with Gasteiger partial charge in [0.15, 0.2) is 5.82 Å². The van der Waals surface area contributed by atoms with E-state index >= 15 is 0 Å². The minimum absolute atomic E-state index is 0.0671. The van der Waals surface area contributed by atoms with Crippen LogP contribution in [0.3, 0.4) is 0 Å². The Morgan fingerprint density at radius 3 is 2.34 bits per heavy atom. The predicted molar refractivity (Wildman–Crippen MR) is 119 cm³/mol. The van der Waals surface area contributed by atoms with Gasteiger partial charge >= 0.3 is 11.9 Å². The zero-order chi connectivity index (χ0) is 23.1. The highest BCUT2D eigenvalue weighted by atomic mass is 32.1. The molecule has 2 heterocycles. The van der Waals surface area contributed by atoms with E-state index in [1.165, 1.54) is 11.3 Å². The summed E-state index contributed by atoms with van der Waals surface area (Å²) in [5, 5.41) is 42.0. The molecule has 3 rings (SSSR count). The molecule has 0 amide bonds. The van der Waals surface area contributed by atoms with Crippen molar-refractivity contribution in [3.8, 4) is 6.07 Å². The maximum absolute atomic E-state index is 10.9. The van der Waals surface area contributed by atoms with Gasteiger partial charge in [-0.25, -0.2) is 9.97 Å². The highest BCUT2D eigenvalue weighted by molar-refractivity contribution is 7.21. The molecule has 11 nitrogen and oxygen atoms in total. The van der Waals surface area contributed by atoms with Crippen molar-refractivity contribution in [1.29, 1.82) is 5.26 Å². The molecular weight excluding hydrogens is 434 g/mol. The smallest absolute Gasteiger partial charge is 0.305 e. The number of rotatable bonds is 10. The Hall–Kier alpha value is -4.11. The molecule has 0 unspecified atom stereocenters. The summed E-state index contributed by atoms with van der Waals surface area (Å²) < 4.78 is 0.951. The van der Waals surface area contributed by atoms with Crippen molar-refractivity contribution in [3.05, 3.63) is 35.4 Å². The van der Waals surface area contributed by atoms with Gasteiger partial charge in [0, 0.05) is 18.7 Å². The number of thiazole rings is 1. The van der Waals surface area contributed by atoms with E-state index in [2.05, 4.69) is 36.9 Å². The number of nitriles is 1. The first-order valence-electron chi connectivity index (χ1n) is 9.52. The summed E-state index contributed by atoms with van der Waals surface area (Å²) in [5.74, 6) is -1.57. The maximum Gasteiger partial charge on any atom is 0.305 e. The molecular formula is C20H19N7O4S. The van der Waals surface area contributed by atoms with E-state index in [0.717, 1.165) is 10.2 Å². The number of fused-ring (bicyclic) bond motifs is 1. The molecule has 4 N–H and O–H groups in total. The number of aromatic nitrogens is 2. The van der Waals surface area contributed by atoms with Crippen molar-refractivity contribution in [2.24, 2.45) is 10.2 Å². The number of hydrogen-bond donors (Lipinski definition) is 4. The van der Waals surface area contributed by atoms with Crippen molar-refractivity contribution in [1.82, 2.24) is 9.97 Å². The number of benzene rings is 1. The van der Waals surface area contributed by atoms with Crippen LogP contribution < -0.4 is 10.6 Å². The number of carboxylic acid groups (broad SMARTS) is 2. The normalized spacial score (nSPS) is 10.9. The zero-order valence-corrected chi connectivity index (χ0v) is 17.8. The van der Waals surface area contributed by atoms with E-state index in [4.69, 9.17) is 10.2 Å². The van der Waals surface area contributed by atoms with Crippen LogP contribution in [-0.2, 0) is 9.59 Å². The van der Waals surface area contributed by atoms with Gasteiger partial charge in [0.05, 0.1) is 28.6 Å². The van der Waals surface area contributed by atoms with E-state index in [1.807, 2.05) is 24.3 Å². The number of para-hydroxylation sites is 1. The average molecular weight is 453 g/mol. The predicted octanol–water partition coefficient (Wildman–Crippen LogP) is 4.06. The topological polar surface area (TPSA) is 173 Å². The quantitative estimate of drug-likeness (QED) is 0.330. The summed E-state index contributed by atoms with van der Waals surface area (Å²) in [4.78, 5) is 30.4. The second-order valence-electron chi connectivity index (χ2n) is 6.57. The first-order chi connectivity index (χ1) is 15.4. The second kappa shape index (κ2) is 10.3. The molecule has 32 heavy (non-hydrogen) atoms. The van der Waals surface area contributed by atoms with Gasteiger partial charge in [0.2, 0.25) is 5.13 Å². The van der Waals surface area contributed by atoms with Crippen LogP contribution >= 0.6 is 11.3 Å². The summed E-state index contributed by atoms with van der Waals surface area (Å²) in [7, 11) is 0. The SMILES string of the molecule is Cc1c(C#N)c(NCCC(=O)O)nc(NCCC(=O)O)c1N=Nc1nc2ccccc2s1. The first kappa shape index (κ1) is 22.6. The Kier molecular flexibility index (Phi) is 7.25. The fraction of sp³-hybridized carbons (Fsp3) is 0.250. The molecule has 0 spiro atoms. The molecule has 12 heteroatoms. The Labute approximate surface area is 186 Å². The number of anilines is 2. The van der Waals surface area contributed by atoms with E-state index in [-0.39, 0.29) is 48.8 Å². The van der Waals surface area contributed by atoms with Gasteiger partial charge in [0.25, 0.3) is 0 Å². The Balaban J connectivity index is 1.97. The van der Waals surface area contributed by atoms with Crippen molar-refractivity contribution >= 4 is 55.9 Å². The fourth-order valence-electron chi connectivity index (χ4n) is 2.78. The van der Waals surface area contributed by atoms with Crippen LogP contribution in [0.25, 0.3) is 10.2 Å². The van der Waals surface area contributed by atoms with E-state index in [1.54, 1.807) is 6.92 Å². The van der Waals surface area contributed by atoms with Crippen LogP contribution in [0.2, 0.25) is 0 Å². The van der Waals surface area contributed by atoms with Crippen LogP contribution in [0.5, 0.6) is 0 Å². The highest BCUT2D eigenvalue weighted by Gasteiger charge is 2.18. The third-order valence-corrected chi connectivity index (χ3v) is 5.23. The summed E-state index contributed by atoms with van der Waals surface area (Å²) in [6.45, 7) is 1.81. The number of azo groups is 1. The zero-order valence-electron chi connectivity index (χ0n) is 17.0. The number of pyridine rings is 1. The minimum atomic E-state index is -0.992. The van der Waals surface area contributed by atoms with Gasteiger partial charge in [-0.2, -0.15) is 5.26 Å². The molecule has 164 valence electrons. The molecule has 0 aliphatic heterocycles. The summed E-state index contributed by atoms with van der Waals surface area (Å²) in [6.07, 6.45) is -0.316. The molecule has 1 aromatic carbocycles. The summed E-state index contributed by atoms with van der Waals surface area (Å²) in [5.41, 5.74) is 1.72. The lowest BCUT2D eigenvalue weighted by Gasteiger charge is -2.15. The van der Waals surface area contributed by atoms with Crippen molar-refractivity contribution in [2.75, 3.05) is 23.7 Å². The van der Waals surface area contributed by atoms with E-state index < -0.39 is 11.9 Å². The molecule has 0 saturated carbocycles. The molecule has 0 atom stereocenters. The molecule has 0 fully saturated rings. The van der Waals surface area contributed by atoms with Gasteiger partial charge in [-0.3, -0.25) is 9.59 Å². The number of nitrogens with zero attached hydrogens (tertiary/aromatic N) is 5. The molecule has 2 aromatic heterocycles. The summed E-state index contributed by atoms with van der Waals surface area (Å²) >= 11 is 1.35. The van der Waals surface area contributed by atoms with E-state index in [0.29, 0.717) is 10.7 Å². The minimum Gasteiger partial charge on any atom is -0.481 e. The standard InChI is InChI=1S/C20H19N7O4S/c1-11-12(10-21)18(22-8-6-15(28)29)25-19(23-9-7-16(30)31)17(11)26-27-20-24-13-4-2-3-5-14(13)32-20/h2-5H,6-9H2,1H3,(H,28,29)(H,30,31)(H2,22,23,25). The lowest BCUT2D eigenvalue weighted by molar-refractivity contribution is -0.137. The van der Waals surface area contributed by atoms with Crippen molar-refractivity contribution in [3.63, 3.8) is 0 Å². The van der Waals surface area contributed by atoms with Crippen LogP contribution in [0.1, 0.15) is 24.0 Å². The van der Waals surface area contributed by atoms with Gasteiger partial charge in [0.1, 0.15) is 17.6 Å². The van der Waals surface area contributed by atoms with Crippen LogP contribution in [-0.4, -0.2) is 45.2 Å². The molecule has 0 bridgehead atoms. The van der Waals surface area contributed by atoms with Crippen LogP contribution in [0, 0.1) is 18.3 Å². The third-order valence-electron chi connectivity index (χ3n) is 4.31.